The number of carbonyl (C=O) groups excluding carboxylic acids is 1. The summed E-state index contributed by atoms with van der Waals surface area (Å²) in [4.78, 5) is 14.3. The zero-order valence-corrected chi connectivity index (χ0v) is 12.8. The first-order chi connectivity index (χ1) is 9.48. The molecular formula is C14H21N3O2S. The molecule has 1 saturated heterocycles. The summed E-state index contributed by atoms with van der Waals surface area (Å²) < 4.78 is 10.3. The molecule has 0 radical (unpaired) electrons. The topological polar surface area (TPSA) is 54.5 Å². The Labute approximate surface area is 123 Å². The van der Waals surface area contributed by atoms with E-state index in [0.29, 0.717) is 13.1 Å². The highest BCUT2D eigenvalue weighted by atomic mass is 32.1. The summed E-state index contributed by atoms with van der Waals surface area (Å²) in [7, 11) is 0. The second-order valence-corrected chi connectivity index (χ2v) is 7.25. The first kappa shape index (κ1) is 13.8. The van der Waals surface area contributed by atoms with Crippen LogP contribution in [0.15, 0.2) is 12.3 Å². The van der Waals surface area contributed by atoms with Crippen molar-refractivity contribution in [2.24, 2.45) is 0 Å². The predicted molar refractivity (Wildman–Crippen MR) is 79.1 cm³/mol. The average Bonchev–Trinajstić information content (AvgIpc) is 2.99. The lowest BCUT2D eigenvalue weighted by molar-refractivity contribution is -0.183. The molecule has 2 heterocycles. The van der Waals surface area contributed by atoms with E-state index in [0.717, 1.165) is 17.8 Å². The van der Waals surface area contributed by atoms with Crippen molar-refractivity contribution in [1.82, 2.24) is 9.27 Å². The Morgan fingerprint density at radius 2 is 2.15 bits per heavy atom. The summed E-state index contributed by atoms with van der Waals surface area (Å²) in [6.07, 6.45) is 6.20. The van der Waals surface area contributed by atoms with E-state index >= 15 is 0 Å². The third kappa shape index (κ3) is 2.81. The minimum atomic E-state index is -0.284. The van der Waals surface area contributed by atoms with Crippen molar-refractivity contribution in [2.45, 2.75) is 50.7 Å². The number of nitrogens with zero attached hydrogens (tertiary/aromatic N) is 2. The number of morpholine rings is 1. The molecule has 1 saturated carbocycles. The van der Waals surface area contributed by atoms with Crippen molar-refractivity contribution < 1.29 is 9.53 Å². The smallest absolute Gasteiger partial charge is 0.322 e. The quantitative estimate of drug-likeness (QED) is 0.866. The Kier molecular flexibility index (Phi) is 3.46. The molecule has 0 bridgehead atoms. The minimum absolute atomic E-state index is 0.0445. The van der Waals surface area contributed by atoms with E-state index in [9.17, 15) is 4.79 Å². The van der Waals surface area contributed by atoms with Gasteiger partial charge in [-0.1, -0.05) is 12.8 Å². The van der Waals surface area contributed by atoms with E-state index in [1.807, 2.05) is 11.0 Å². The van der Waals surface area contributed by atoms with E-state index in [-0.39, 0.29) is 17.2 Å². The molecule has 2 aliphatic rings. The molecule has 1 aromatic heterocycles. The number of amides is 2. The molecule has 5 nitrogen and oxygen atoms in total. The number of carbonyl (C=O) groups is 1. The SMILES string of the molecule is CC1(C)CN(C(=O)Nc2ccns2)CC2(CCCC2)O1. The van der Waals surface area contributed by atoms with Crippen molar-refractivity contribution in [3.63, 3.8) is 0 Å². The van der Waals surface area contributed by atoms with Crippen LogP contribution >= 0.6 is 11.5 Å². The minimum Gasteiger partial charge on any atom is -0.365 e. The first-order valence-corrected chi connectivity index (χ1v) is 7.92. The number of nitrogens with one attached hydrogen (secondary N) is 1. The van der Waals surface area contributed by atoms with Gasteiger partial charge in [-0.2, -0.15) is 4.37 Å². The highest BCUT2D eigenvalue weighted by Gasteiger charge is 2.47. The van der Waals surface area contributed by atoms with Gasteiger partial charge in [0.2, 0.25) is 0 Å². The maximum absolute atomic E-state index is 12.4. The monoisotopic (exact) mass is 295 g/mol. The molecule has 6 heteroatoms. The average molecular weight is 295 g/mol. The van der Waals surface area contributed by atoms with Crippen LogP contribution in [-0.4, -0.2) is 39.6 Å². The highest BCUT2D eigenvalue weighted by Crippen LogP contribution is 2.40. The molecule has 110 valence electrons. The van der Waals surface area contributed by atoms with Crippen molar-refractivity contribution in [1.29, 1.82) is 0 Å². The van der Waals surface area contributed by atoms with Gasteiger partial charge in [0, 0.05) is 6.20 Å². The van der Waals surface area contributed by atoms with Gasteiger partial charge >= 0.3 is 6.03 Å². The van der Waals surface area contributed by atoms with Crippen molar-refractivity contribution in [3.05, 3.63) is 12.3 Å². The fourth-order valence-electron chi connectivity index (χ4n) is 3.40. The predicted octanol–water partition coefficient (Wildman–Crippen LogP) is 3.10. The molecule has 0 unspecified atom stereocenters. The molecule has 20 heavy (non-hydrogen) atoms. The summed E-state index contributed by atoms with van der Waals surface area (Å²) in [6, 6.07) is 1.77. The zero-order valence-electron chi connectivity index (χ0n) is 12.0. The van der Waals surface area contributed by atoms with E-state index < -0.39 is 0 Å². The van der Waals surface area contributed by atoms with Gasteiger partial charge in [-0.15, -0.1) is 0 Å². The first-order valence-electron chi connectivity index (χ1n) is 7.15. The van der Waals surface area contributed by atoms with E-state index in [4.69, 9.17) is 4.74 Å². The van der Waals surface area contributed by atoms with Gasteiger partial charge in [0.15, 0.2) is 0 Å². The maximum atomic E-state index is 12.4. The lowest BCUT2D eigenvalue weighted by Gasteiger charge is -2.48. The molecule has 2 fully saturated rings. The number of urea groups is 1. The Morgan fingerprint density at radius 3 is 2.80 bits per heavy atom. The van der Waals surface area contributed by atoms with Gasteiger partial charge < -0.3 is 9.64 Å². The van der Waals surface area contributed by atoms with Crippen molar-refractivity contribution in [3.8, 4) is 0 Å². The second-order valence-electron chi connectivity index (χ2n) is 6.41. The molecule has 2 amide bonds. The number of aromatic nitrogens is 1. The fourth-order valence-corrected chi connectivity index (χ4v) is 3.89. The van der Waals surface area contributed by atoms with Crippen LogP contribution in [0.4, 0.5) is 9.80 Å². The number of hydrogen-bond acceptors (Lipinski definition) is 4. The normalized spacial score (nSPS) is 24.0. The van der Waals surface area contributed by atoms with Gasteiger partial charge in [-0.3, -0.25) is 5.32 Å². The van der Waals surface area contributed by atoms with E-state index in [2.05, 4.69) is 23.5 Å². The summed E-state index contributed by atoms with van der Waals surface area (Å²) in [5.74, 6) is 0. The fraction of sp³-hybridized carbons (Fsp3) is 0.714. The maximum Gasteiger partial charge on any atom is 0.322 e. The highest BCUT2D eigenvalue weighted by molar-refractivity contribution is 7.10. The molecule has 0 aromatic carbocycles. The molecule has 1 N–H and O–H groups in total. The van der Waals surface area contributed by atoms with Crippen molar-refractivity contribution >= 4 is 22.6 Å². The Hall–Kier alpha value is -1.14. The Bertz CT molecular complexity index is 481. The Balaban J connectivity index is 1.73. The molecule has 1 aromatic rings. The summed E-state index contributed by atoms with van der Waals surface area (Å²) in [5.41, 5.74) is -0.416. The van der Waals surface area contributed by atoms with Crippen LogP contribution in [0.1, 0.15) is 39.5 Å². The van der Waals surface area contributed by atoms with Gasteiger partial charge in [0.25, 0.3) is 0 Å². The number of ether oxygens (including phenoxy) is 1. The van der Waals surface area contributed by atoms with Crippen molar-refractivity contribution in [2.75, 3.05) is 18.4 Å². The van der Waals surface area contributed by atoms with Gasteiger partial charge in [-0.05, 0) is 44.3 Å². The van der Waals surface area contributed by atoms with E-state index in [1.165, 1.54) is 24.4 Å². The zero-order chi connectivity index (χ0) is 14.2. The molecule has 1 spiro atoms. The lowest BCUT2D eigenvalue weighted by atomic mass is 9.94. The van der Waals surface area contributed by atoms with Crippen LogP contribution < -0.4 is 5.32 Å². The number of anilines is 1. The lowest BCUT2D eigenvalue weighted by Crippen LogP contribution is -2.60. The van der Waals surface area contributed by atoms with E-state index in [1.54, 1.807) is 6.20 Å². The van der Waals surface area contributed by atoms with Crippen LogP contribution in [0.25, 0.3) is 0 Å². The molecule has 1 aliphatic carbocycles. The van der Waals surface area contributed by atoms with Gasteiger partial charge in [-0.25, -0.2) is 4.79 Å². The standard InChI is InChI=1S/C14H21N3O2S/c1-13(2)9-17(10-14(19-13)6-3-4-7-14)12(18)16-11-5-8-15-20-11/h5,8H,3-4,6-7,9-10H2,1-2H3,(H,16,18). The van der Waals surface area contributed by atoms with Gasteiger partial charge in [0.05, 0.1) is 24.3 Å². The largest absolute Gasteiger partial charge is 0.365 e. The number of rotatable bonds is 1. The number of hydrogen-bond donors (Lipinski definition) is 1. The Morgan fingerprint density at radius 1 is 1.40 bits per heavy atom. The third-order valence-corrected chi connectivity index (χ3v) is 4.68. The molecular weight excluding hydrogens is 274 g/mol. The van der Waals surface area contributed by atoms with Crippen LogP contribution in [0.2, 0.25) is 0 Å². The van der Waals surface area contributed by atoms with Gasteiger partial charge in [0.1, 0.15) is 5.00 Å². The van der Waals surface area contributed by atoms with Crippen LogP contribution in [-0.2, 0) is 4.74 Å². The second kappa shape index (κ2) is 5.00. The van der Waals surface area contributed by atoms with Crippen LogP contribution in [0.3, 0.4) is 0 Å². The van der Waals surface area contributed by atoms with Crippen LogP contribution in [0, 0.1) is 0 Å². The third-order valence-electron chi connectivity index (χ3n) is 4.01. The van der Waals surface area contributed by atoms with Crippen LogP contribution in [0.5, 0.6) is 0 Å². The molecule has 0 atom stereocenters. The summed E-state index contributed by atoms with van der Waals surface area (Å²) in [5, 5.41) is 3.71. The summed E-state index contributed by atoms with van der Waals surface area (Å²) in [6.45, 7) is 5.46. The molecule has 1 aliphatic heterocycles. The molecule has 3 rings (SSSR count). The summed E-state index contributed by atoms with van der Waals surface area (Å²) >= 11 is 1.30.